The maximum absolute atomic E-state index is 13.5. The number of H-pyrrole nitrogens is 1. The van der Waals surface area contributed by atoms with Crippen LogP contribution in [-0.4, -0.2) is 28.8 Å². The molecule has 1 saturated heterocycles. The minimum Gasteiger partial charge on any atom is -0.360 e. The second kappa shape index (κ2) is 7.24. The summed E-state index contributed by atoms with van der Waals surface area (Å²) in [6, 6.07) is 18.0. The molecule has 0 aliphatic carbocycles. The van der Waals surface area contributed by atoms with Crippen molar-refractivity contribution in [2.45, 2.75) is 19.3 Å². The average molecular weight is 388 g/mol. The number of nitrogens with one attached hydrogen (secondary N) is 1. The van der Waals surface area contributed by atoms with E-state index < -0.39 is 0 Å². The van der Waals surface area contributed by atoms with Crippen LogP contribution in [0.4, 0.5) is 5.13 Å². The summed E-state index contributed by atoms with van der Waals surface area (Å²) in [4.78, 5) is 24.7. The van der Waals surface area contributed by atoms with Crippen LogP contribution in [0.15, 0.2) is 60.8 Å². The highest BCUT2D eigenvalue weighted by atomic mass is 32.1. The number of aromatic amines is 1. The number of benzene rings is 2. The van der Waals surface area contributed by atoms with E-state index in [1.807, 2.05) is 60.8 Å². The van der Waals surface area contributed by atoms with Gasteiger partial charge in [-0.15, -0.1) is 0 Å². The summed E-state index contributed by atoms with van der Waals surface area (Å²) in [5.41, 5.74) is 3.47. The van der Waals surface area contributed by atoms with E-state index in [0.717, 1.165) is 45.3 Å². The second-order valence-electron chi connectivity index (χ2n) is 7.16. The predicted molar refractivity (Wildman–Crippen MR) is 115 cm³/mol. The number of anilines is 1. The van der Waals surface area contributed by atoms with E-state index in [1.165, 1.54) is 30.6 Å². The molecule has 3 heterocycles. The molecule has 0 atom stereocenters. The van der Waals surface area contributed by atoms with Crippen LogP contribution in [0.25, 0.3) is 22.2 Å². The summed E-state index contributed by atoms with van der Waals surface area (Å²) in [6.07, 6.45) is 5.47. The summed E-state index contributed by atoms with van der Waals surface area (Å²) < 4.78 is 0. The van der Waals surface area contributed by atoms with Gasteiger partial charge >= 0.3 is 0 Å². The molecule has 0 amide bonds. The Hall–Kier alpha value is -2.92. The van der Waals surface area contributed by atoms with Crippen molar-refractivity contribution in [3.63, 3.8) is 0 Å². The van der Waals surface area contributed by atoms with Gasteiger partial charge in [0.15, 0.2) is 5.13 Å². The van der Waals surface area contributed by atoms with Gasteiger partial charge in [0.2, 0.25) is 5.78 Å². The minimum absolute atomic E-state index is 0.0389. The van der Waals surface area contributed by atoms with E-state index in [9.17, 15) is 4.79 Å². The highest BCUT2D eigenvalue weighted by molar-refractivity contribution is 7.18. The molecule has 1 fully saturated rings. The lowest BCUT2D eigenvalue weighted by Crippen LogP contribution is -2.29. The molecule has 0 spiro atoms. The van der Waals surface area contributed by atoms with E-state index in [0.29, 0.717) is 5.56 Å². The van der Waals surface area contributed by atoms with E-state index in [4.69, 9.17) is 4.98 Å². The lowest BCUT2D eigenvalue weighted by molar-refractivity contribution is 0.104. The molecule has 1 N–H and O–H groups in total. The fraction of sp³-hybridized carbons (Fsp3) is 0.217. The Morgan fingerprint density at radius 1 is 0.964 bits per heavy atom. The van der Waals surface area contributed by atoms with Crippen molar-refractivity contribution in [3.8, 4) is 11.3 Å². The van der Waals surface area contributed by atoms with Crippen LogP contribution < -0.4 is 4.90 Å². The smallest absolute Gasteiger partial charge is 0.207 e. The Balaban J connectivity index is 1.62. The van der Waals surface area contributed by atoms with E-state index in [-0.39, 0.29) is 5.78 Å². The highest BCUT2D eigenvalue weighted by Gasteiger charge is 2.25. The second-order valence-corrected chi connectivity index (χ2v) is 8.14. The fourth-order valence-electron chi connectivity index (χ4n) is 3.86. The topological polar surface area (TPSA) is 49.0 Å². The van der Waals surface area contributed by atoms with Gasteiger partial charge in [-0.3, -0.25) is 4.79 Å². The molecular formula is C23H21N3OS. The van der Waals surface area contributed by atoms with Crippen LogP contribution in [0.2, 0.25) is 0 Å². The SMILES string of the molecule is O=C(c1sc(N2CCCCC2)nc1-c1ccccc1)c1c[nH]c2ccccc12. The molecule has 0 saturated carbocycles. The standard InChI is InChI=1S/C23H21N3OS/c27-21(18-15-24-19-12-6-5-11-17(18)19)22-20(16-9-3-1-4-10-16)25-23(28-22)26-13-7-2-8-14-26/h1,3-6,9-12,15,24H,2,7-8,13-14H2. The molecule has 0 bridgehead atoms. The summed E-state index contributed by atoms with van der Waals surface area (Å²) in [5.74, 6) is 0.0389. The van der Waals surface area contributed by atoms with Gasteiger partial charge in [-0.2, -0.15) is 0 Å². The molecule has 4 nitrogen and oxygen atoms in total. The first-order valence-corrected chi connectivity index (χ1v) is 10.5. The van der Waals surface area contributed by atoms with Crippen molar-refractivity contribution in [3.05, 3.63) is 71.2 Å². The zero-order valence-corrected chi connectivity index (χ0v) is 16.3. The Kier molecular flexibility index (Phi) is 4.45. The van der Waals surface area contributed by atoms with Crippen molar-refractivity contribution in [2.75, 3.05) is 18.0 Å². The lowest BCUT2D eigenvalue weighted by atomic mass is 10.0. The number of nitrogens with zero attached hydrogens (tertiary/aromatic N) is 2. The Bertz CT molecular complexity index is 1120. The number of hydrogen-bond acceptors (Lipinski definition) is 4. The number of thiazole rings is 1. The Morgan fingerprint density at radius 2 is 1.71 bits per heavy atom. The molecule has 1 aliphatic rings. The maximum Gasteiger partial charge on any atom is 0.207 e. The zero-order valence-electron chi connectivity index (χ0n) is 15.5. The summed E-state index contributed by atoms with van der Waals surface area (Å²) >= 11 is 1.53. The first-order chi connectivity index (χ1) is 13.8. The third-order valence-electron chi connectivity index (χ3n) is 5.33. The normalized spacial score (nSPS) is 14.5. The maximum atomic E-state index is 13.5. The van der Waals surface area contributed by atoms with Crippen molar-refractivity contribution in [2.24, 2.45) is 0 Å². The highest BCUT2D eigenvalue weighted by Crippen LogP contribution is 2.36. The van der Waals surface area contributed by atoms with Gasteiger partial charge in [0.1, 0.15) is 4.88 Å². The number of carbonyl (C=O) groups excluding carboxylic acids is 1. The molecule has 5 heteroatoms. The Morgan fingerprint density at radius 3 is 2.54 bits per heavy atom. The summed E-state index contributed by atoms with van der Waals surface area (Å²) in [7, 11) is 0. The van der Waals surface area contributed by atoms with Crippen LogP contribution in [0.3, 0.4) is 0 Å². The van der Waals surface area contributed by atoms with Gasteiger partial charge in [-0.05, 0) is 25.3 Å². The van der Waals surface area contributed by atoms with E-state index >= 15 is 0 Å². The third-order valence-corrected chi connectivity index (χ3v) is 6.44. The van der Waals surface area contributed by atoms with Gasteiger partial charge < -0.3 is 9.88 Å². The molecule has 2 aromatic heterocycles. The van der Waals surface area contributed by atoms with Gasteiger partial charge in [0.25, 0.3) is 0 Å². The number of aromatic nitrogens is 2. The molecule has 140 valence electrons. The number of rotatable bonds is 4. The largest absolute Gasteiger partial charge is 0.360 e. The molecule has 4 aromatic rings. The van der Waals surface area contributed by atoms with Crippen molar-refractivity contribution < 1.29 is 4.79 Å². The van der Waals surface area contributed by atoms with Gasteiger partial charge in [0, 0.05) is 41.3 Å². The molecule has 28 heavy (non-hydrogen) atoms. The first kappa shape index (κ1) is 17.2. The molecule has 0 unspecified atom stereocenters. The van der Waals surface area contributed by atoms with Crippen molar-refractivity contribution >= 4 is 33.2 Å². The number of piperidine rings is 1. The van der Waals surface area contributed by atoms with E-state index in [2.05, 4.69) is 9.88 Å². The van der Waals surface area contributed by atoms with E-state index in [1.54, 1.807) is 0 Å². The van der Waals surface area contributed by atoms with Gasteiger partial charge in [-0.1, -0.05) is 59.9 Å². The fourth-order valence-corrected chi connectivity index (χ4v) is 4.95. The van der Waals surface area contributed by atoms with Crippen molar-refractivity contribution in [1.29, 1.82) is 0 Å². The lowest BCUT2D eigenvalue weighted by Gasteiger charge is -2.25. The number of carbonyl (C=O) groups is 1. The summed E-state index contributed by atoms with van der Waals surface area (Å²) in [5, 5.41) is 1.92. The molecular weight excluding hydrogens is 366 g/mol. The number of ketones is 1. The number of para-hydroxylation sites is 1. The number of hydrogen-bond donors (Lipinski definition) is 1. The van der Waals surface area contributed by atoms with Crippen LogP contribution in [0.1, 0.15) is 34.5 Å². The van der Waals surface area contributed by atoms with Gasteiger partial charge in [0.05, 0.1) is 5.69 Å². The Labute approximate surface area is 167 Å². The van der Waals surface area contributed by atoms with Crippen molar-refractivity contribution in [1.82, 2.24) is 9.97 Å². The average Bonchev–Trinajstić information content (AvgIpc) is 3.40. The quantitative estimate of drug-likeness (QED) is 0.470. The monoisotopic (exact) mass is 387 g/mol. The molecule has 0 radical (unpaired) electrons. The molecule has 5 rings (SSSR count). The van der Waals surface area contributed by atoms with Crippen LogP contribution >= 0.6 is 11.3 Å². The van der Waals surface area contributed by atoms with Crippen LogP contribution in [0.5, 0.6) is 0 Å². The third kappa shape index (κ3) is 3.02. The number of fused-ring (bicyclic) bond motifs is 1. The predicted octanol–water partition coefficient (Wildman–Crippen LogP) is 5.51. The summed E-state index contributed by atoms with van der Waals surface area (Å²) in [6.45, 7) is 2.03. The van der Waals surface area contributed by atoms with Crippen LogP contribution in [-0.2, 0) is 0 Å². The first-order valence-electron chi connectivity index (χ1n) is 9.73. The van der Waals surface area contributed by atoms with Crippen LogP contribution in [0, 0.1) is 0 Å². The molecule has 1 aliphatic heterocycles. The van der Waals surface area contributed by atoms with Gasteiger partial charge in [-0.25, -0.2) is 4.98 Å². The molecule has 2 aromatic carbocycles. The zero-order chi connectivity index (χ0) is 18.9. The minimum atomic E-state index is 0.0389.